The molecule has 1 nitrogen and oxygen atoms in total. The largest absolute Gasteiger partial charge is 0.417 e. The van der Waals surface area contributed by atoms with Crippen LogP contribution in [-0.2, 0) is 6.18 Å². The first-order valence-corrected chi connectivity index (χ1v) is 3.53. The maximum absolute atomic E-state index is 12.3. The Bertz CT molecular complexity index is 360. The van der Waals surface area contributed by atoms with Crippen molar-refractivity contribution in [2.75, 3.05) is 0 Å². The smallest absolute Gasteiger partial charge is 0.192 e. The quantitative estimate of drug-likeness (QED) is 0.609. The molecular weight excluding hydrogens is 179 g/mol. The van der Waals surface area contributed by atoms with E-state index in [2.05, 4.69) is 0 Å². The number of halogens is 3. The van der Waals surface area contributed by atoms with Crippen molar-refractivity contribution < 1.29 is 13.2 Å². The van der Waals surface area contributed by atoms with Crippen LogP contribution in [0.25, 0.3) is 0 Å². The van der Waals surface area contributed by atoms with E-state index in [9.17, 15) is 13.2 Å². The van der Waals surface area contributed by atoms with Gasteiger partial charge in [0.25, 0.3) is 0 Å². The van der Waals surface area contributed by atoms with Crippen LogP contribution in [0.1, 0.15) is 16.7 Å². The highest BCUT2D eigenvalue weighted by molar-refractivity contribution is 5.44. The molecule has 0 saturated heterocycles. The average Bonchev–Trinajstić information content (AvgIpc) is 2.02. The van der Waals surface area contributed by atoms with Crippen molar-refractivity contribution in [1.82, 2.24) is 0 Å². The third-order valence-electron chi connectivity index (χ3n) is 1.69. The molecule has 0 fully saturated rings. The number of hydrogen-bond donors (Lipinski definition) is 0. The van der Waals surface area contributed by atoms with E-state index in [1.54, 1.807) is 6.07 Å². The monoisotopic (exact) mass is 185 g/mol. The predicted molar refractivity (Wildman–Crippen MR) is 40.9 cm³/mol. The van der Waals surface area contributed by atoms with Crippen molar-refractivity contribution in [1.29, 1.82) is 5.26 Å². The van der Waals surface area contributed by atoms with Gasteiger partial charge in [0.15, 0.2) is 0 Å². The Labute approximate surface area is 73.4 Å². The average molecular weight is 185 g/mol. The number of alkyl halides is 3. The Balaban J connectivity index is 3.40. The summed E-state index contributed by atoms with van der Waals surface area (Å²) in [6.45, 7) is 1.48. The van der Waals surface area contributed by atoms with Crippen LogP contribution in [-0.4, -0.2) is 0 Å². The minimum atomic E-state index is -4.45. The van der Waals surface area contributed by atoms with Crippen molar-refractivity contribution in [2.45, 2.75) is 13.1 Å². The number of benzene rings is 1. The zero-order valence-corrected chi connectivity index (χ0v) is 6.81. The third kappa shape index (κ3) is 1.81. The summed E-state index contributed by atoms with van der Waals surface area (Å²) in [7, 11) is 0. The molecule has 0 heterocycles. The fraction of sp³-hybridized carbons (Fsp3) is 0.222. The van der Waals surface area contributed by atoms with Crippen LogP contribution < -0.4 is 0 Å². The Morgan fingerprint density at radius 3 is 2.31 bits per heavy atom. The molecule has 0 aliphatic heterocycles. The molecule has 1 aromatic rings. The summed E-state index contributed by atoms with van der Waals surface area (Å²) in [6.07, 6.45) is -4.45. The molecule has 1 rings (SSSR count). The number of rotatable bonds is 0. The first-order chi connectivity index (χ1) is 5.96. The maximum atomic E-state index is 12.3. The van der Waals surface area contributed by atoms with Gasteiger partial charge < -0.3 is 0 Å². The number of nitrogens with zero attached hydrogens (tertiary/aromatic N) is 1. The lowest BCUT2D eigenvalue weighted by atomic mass is 10.0. The van der Waals surface area contributed by atoms with Gasteiger partial charge in [-0.1, -0.05) is 12.1 Å². The number of hydrogen-bond acceptors (Lipinski definition) is 1. The molecule has 0 saturated carbocycles. The molecule has 0 bridgehead atoms. The topological polar surface area (TPSA) is 23.8 Å². The minimum absolute atomic E-state index is 0.296. The highest BCUT2D eigenvalue weighted by atomic mass is 19.4. The lowest BCUT2D eigenvalue weighted by Gasteiger charge is -2.09. The Hall–Kier alpha value is -1.50. The van der Waals surface area contributed by atoms with Crippen LogP contribution in [0.5, 0.6) is 0 Å². The molecule has 0 aliphatic carbocycles. The summed E-state index contributed by atoms with van der Waals surface area (Å²) >= 11 is 0. The highest BCUT2D eigenvalue weighted by Crippen LogP contribution is 2.32. The fourth-order valence-electron chi connectivity index (χ4n) is 1.05. The van der Waals surface area contributed by atoms with E-state index >= 15 is 0 Å². The van der Waals surface area contributed by atoms with Crippen molar-refractivity contribution >= 4 is 0 Å². The van der Waals surface area contributed by atoms with E-state index in [0.29, 0.717) is 5.56 Å². The third-order valence-corrected chi connectivity index (χ3v) is 1.69. The fourth-order valence-corrected chi connectivity index (χ4v) is 1.05. The summed E-state index contributed by atoms with van der Waals surface area (Å²) in [5.74, 6) is 0. The maximum Gasteiger partial charge on any atom is 0.417 e. The zero-order valence-electron chi connectivity index (χ0n) is 6.81. The molecule has 0 atom stereocenters. The number of aryl methyl sites for hydroxylation is 1. The van der Waals surface area contributed by atoms with E-state index in [1.165, 1.54) is 19.1 Å². The lowest BCUT2D eigenvalue weighted by molar-refractivity contribution is -0.137. The molecule has 13 heavy (non-hydrogen) atoms. The van der Waals surface area contributed by atoms with Crippen LogP contribution in [0, 0.1) is 18.3 Å². The van der Waals surface area contributed by atoms with Gasteiger partial charge in [0.2, 0.25) is 0 Å². The van der Waals surface area contributed by atoms with E-state index in [1.807, 2.05) is 0 Å². The van der Waals surface area contributed by atoms with Gasteiger partial charge >= 0.3 is 6.18 Å². The van der Waals surface area contributed by atoms with Gasteiger partial charge in [0.1, 0.15) is 6.07 Å². The van der Waals surface area contributed by atoms with Gasteiger partial charge in [-0.3, -0.25) is 0 Å². The SMILES string of the molecule is Cc1cccc(C(F)(F)F)c1C#N. The minimum Gasteiger partial charge on any atom is -0.192 e. The van der Waals surface area contributed by atoms with Crippen molar-refractivity contribution in [3.8, 4) is 6.07 Å². The first-order valence-electron chi connectivity index (χ1n) is 3.53. The molecular formula is C9H6F3N. The predicted octanol–water partition coefficient (Wildman–Crippen LogP) is 2.89. The normalized spacial score (nSPS) is 11.0. The van der Waals surface area contributed by atoms with Crippen molar-refractivity contribution in [3.05, 3.63) is 34.9 Å². The lowest BCUT2D eigenvalue weighted by Crippen LogP contribution is -2.08. The second kappa shape index (κ2) is 3.09. The summed E-state index contributed by atoms with van der Waals surface area (Å²) in [5.41, 5.74) is -0.817. The van der Waals surface area contributed by atoms with Crippen LogP contribution in [0.2, 0.25) is 0 Å². The van der Waals surface area contributed by atoms with Gasteiger partial charge in [-0.15, -0.1) is 0 Å². The molecule has 68 valence electrons. The van der Waals surface area contributed by atoms with Gasteiger partial charge in [0.05, 0.1) is 11.1 Å². The van der Waals surface area contributed by atoms with E-state index in [4.69, 9.17) is 5.26 Å². The van der Waals surface area contributed by atoms with E-state index in [-0.39, 0.29) is 5.56 Å². The second-order valence-corrected chi connectivity index (χ2v) is 2.61. The van der Waals surface area contributed by atoms with Gasteiger partial charge in [-0.25, -0.2) is 0 Å². The van der Waals surface area contributed by atoms with Gasteiger partial charge in [0, 0.05) is 0 Å². The molecule has 0 aliphatic rings. The van der Waals surface area contributed by atoms with Gasteiger partial charge in [-0.05, 0) is 18.6 Å². The highest BCUT2D eigenvalue weighted by Gasteiger charge is 2.33. The van der Waals surface area contributed by atoms with Crippen LogP contribution in [0.4, 0.5) is 13.2 Å². The van der Waals surface area contributed by atoms with Crippen LogP contribution in [0.3, 0.4) is 0 Å². The van der Waals surface area contributed by atoms with Crippen LogP contribution >= 0.6 is 0 Å². The molecule has 0 amide bonds. The Kier molecular flexibility index (Phi) is 2.28. The standard InChI is InChI=1S/C9H6F3N/c1-6-3-2-4-8(7(6)5-13)9(10,11)12/h2-4H,1H3. The summed E-state index contributed by atoms with van der Waals surface area (Å²) in [5, 5.41) is 8.51. The Morgan fingerprint density at radius 2 is 1.92 bits per heavy atom. The van der Waals surface area contributed by atoms with E-state index < -0.39 is 11.7 Å². The first kappa shape index (κ1) is 9.59. The zero-order chi connectivity index (χ0) is 10.1. The molecule has 0 spiro atoms. The Morgan fingerprint density at radius 1 is 1.31 bits per heavy atom. The molecule has 0 N–H and O–H groups in total. The van der Waals surface area contributed by atoms with Gasteiger partial charge in [-0.2, -0.15) is 18.4 Å². The molecule has 1 aromatic carbocycles. The number of nitriles is 1. The molecule has 0 radical (unpaired) electrons. The molecule has 4 heteroatoms. The van der Waals surface area contributed by atoms with E-state index in [0.717, 1.165) is 6.07 Å². The summed E-state index contributed by atoms with van der Waals surface area (Å²) in [6, 6.07) is 5.23. The summed E-state index contributed by atoms with van der Waals surface area (Å²) < 4.78 is 36.8. The van der Waals surface area contributed by atoms with Crippen molar-refractivity contribution in [3.63, 3.8) is 0 Å². The van der Waals surface area contributed by atoms with Crippen LogP contribution in [0.15, 0.2) is 18.2 Å². The summed E-state index contributed by atoms with van der Waals surface area (Å²) in [4.78, 5) is 0. The van der Waals surface area contributed by atoms with Crippen molar-refractivity contribution in [2.24, 2.45) is 0 Å². The molecule has 0 unspecified atom stereocenters. The molecule has 0 aromatic heterocycles. The second-order valence-electron chi connectivity index (χ2n) is 2.61.